The maximum absolute atomic E-state index is 11.1. The van der Waals surface area contributed by atoms with Crippen LogP contribution in [0.15, 0.2) is 21.7 Å². The van der Waals surface area contributed by atoms with Crippen molar-refractivity contribution in [3.05, 3.63) is 22.8 Å². The molecule has 0 saturated carbocycles. The third-order valence-corrected chi connectivity index (χ3v) is 2.02. The number of aromatic nitrogens is 2. The maximum atomic E-state index is 11.1. The molecule has 2 N–H and O–H groups in total. The molecule has 0 aliphatic carbocycles. The zero-order valence-corrected chi connectivity index (χ0v) is 9.70. The van der Waals surface area contributed by atoms with Crippen molar-refractivity contribution in [3.63, 3.8) is 0 Å². The van der Waals surface area contributed by atoms with E-state index in [4.69, 9.17) is 0 Å². The third kappa shape index (κ3) is 2.53. The van der Waals surface area contributed by atoms with Gasteiger partial charge in [0, 0.05) is 6.92 Å². The number of azo groups is 1. The molecule has 0 atom stereocenters. The number of aliphatic hydroxyl groups is 1. The molecule has 86 valence electrons. The van der Waals surface area contributed by atoms with E-state index in [0.717, 1.165) is 5.69 Å². The molecule has 6 heteroatoms. The number of ketones is 1. The number of nitrogens with zero attached hydrogens (tertiary/aromatic N) is 3. The molecular formula is C10H14N4O2. The first kappa shape index (κ1) is 12.1. The molecule has 0 saturated heterocycles. The average molecular weight is 222 g/mol. The molecule has 1 heterocycles. The molecule has 0 aliphatic rings. The number of carbonyl (C=O) groups is 1. The van der Waals surface area contributed by atoms with Gasteiger partial charge in [-0.1, -0.05) is 0 Å². The summed E-state index contributed by atoms with van der Waals surface area (Å²) >= 11 is 0. The van der Waals surface area contributed by atoms with Crippen molar-refractivity contribution in [2.75, 3.05) is 0 Å². The summed E-state index contributed by atoms with van der Waals surface area (Å²) in [5, 5.41) is 23.6. The standard InChI is InChI=1S/C10H14N4O2/c1-5-9(6(2)12-11-5)13-14-10(7(3)15)8(4)16/h15H,1-4H3,(H,11,12)/b10-7-,14-13?. The van der Waals surface area contributed by atoms with Crippen LogP contribution in [0.4, 0.5) is 5.69 Å². The van der Waals surface area contributed by atoms with Crippen molar-refractivity contribution >= 4 is 11.5 Å². The van der Waals surface area contributed by atoms with Crippen LogP contribution in [-0.4, -0.2) is 21.1 Å². The zero-order valence-electron chi connectivity index (χ0n) is 9.70. The molecule has 0 aliphatic heterocycles. The largest absolute Gasteiger partial charge is 0.510 e. The van der Waals surface area contributed by atoms with Crippen LogP contribution in [0.2, 0.25) is 0 Å². The van der Waals surface area contributed by atoms with Gasteiger partial charge in [-0.05, 0) is 20.8 Å². The Morgan fingerprint density at radius 3 is 2.38 bits per heavy atom. The normalized spacial score (nSPS) is 13.0. The minimum atomic E-state index is -0.331. The second-order valence-corrected chi connectivity index (χ2v) is 3.47. The van der Waals surface area contributed by atoms with Gasteiger partial charge in [-0.3, -0.25) is 9.89 Å². The van der Waals surface area contributed by atoms with E-state index in [2.05, 4.69) is 20.4 Å². The van der Waals surface area contributed by atoms with Crippen molar-refractivity contribution in [1.82, 2.24) is 10.2 Å². The molecule has 0 radical (unpaired) electrons. The molecule has 16 heavy (non-hydrogen) atoms. The summed E-state index contributed by atoms with van der Waals surface area (Å²) in [6, 6.07) is 0. The highest BCUT2D eigenvalue weighted by molar-refractivity contribution is 5.93. The maximum Gasteiger partial charge on any atom is 0.183 e. The molecule has 1 aromatic heterocycles. The number of allylic oxidation sites excluding steroid dienone is 2. The lowest BCUT2D eigenvalue weighted by Crippen LogP contribution is -1.96. The number of aromatic amines is 1. The fourth-order valence-electron chi connectivity index (χ4n) is 1.19. The first-order valence-corrected chi connectivity index (χ1v) is 4.77. The molecule has 0 bridgehead atoms. The molecule has 0 amide bonds. The van der Waals surface area contributed by atoms with E-state index in [1.807, 2.05) is 0 Å². The van der Waals surface area contributed by atoms with Crippen LogP contribution in [0.1, 0.15) is 25.2 Å². The number of hydrogen-bond donors (Lipinski definition) is 2. The number of aliphatic hydroxyl groups excluding tert-OH is 1. The van der Waals surface area contributed by atoms with Gasteiger partial charge < -0.3 is 5.11 Å². The summed E-state index contributed by atoms with van der Waals surface area (Å²) < 4.78 is 0. The quantitative estimate of drug-likeness (QED) is 0.467. The van der Waals surface area contributed by atoms with Gasteiger partial charge in [0.15, 0.2) is 11.5 Å². The van der Waals surface area contributed by atoms with Gasteiger partial charge in [-0.15, -0.1) is 10.2 Å². The molecule has 0 spiro atoms. The first-order valence-electron chi connectivity index (χ1n) is 4.77. The van der Waals surface area contributed by atoms with Crippen LogP contribution in [0.5, 0.6) is 0 Å². The fourth-order valence-corrected chi connectivity index (χ4v) is 1.19. The molecule has 0 fully saturated rings. The predicted octanol–water partition coefficient (Wildman–Crippen LogP) is 2.49. The lowest BCUT2D eigenvalue weighted by atomic mass is 10.3. The third-order valence-electron chi connectivity index (χ3n) is 2.02. The van der Waals surface area contributed by atoms with Gasteiger partial charge in [0.05, 0.1) is 11.4 Å². The lowest BCUT2D eigenvalue weighted by Gasteiger charge is -1.96. The van der Waals surface area contributed by atoms with E-state index < -0.39 is 0 Å². The van der Waals surface area contributed by atoms with E-state index >= 15 is 0 Å². The highest BCUT2D eigenvalue weighted by atomic mass is 16.3. The Morgan fingerprint density at radius 1 is 1.38 bits per heavy atom. The minimum absolute atomic E-state index is 0.0417. The van der Waals surface area contributed by atoms with E-state index in [1.54, 1.807) is 13.8 Å². The van der Waals surface area contributed by atoms with Crippen LogP contribution in [0.3, 0.4) is 0 Å². The number of carbonyl (C=O) groups excluding carboxylic acids is 1. The smallest absolute Gasteiger partial charge is 0.183 e. The summed E-state index contributed by atoms with van der Waals surface area (Å²) in [4.78, 5) is 11.1. The number of nitrogens with one attached hydrogen (secondary N) is 1. The second-order valence-electron chi connectivity index (χ2n) is 3.47. The summed E-state index contributed by atoms with van der Waals surface area (Å²) in [6.07, 6.45) is 0. The fraction of sp³-hybridized carbons (Fsp3) is 0.400. The average Bonchev–Trinajstić information content (AvgIpc) is 2.47. The van der Waals surface area contributed by atoms with E-state index in [0.29, 0.717) is 11.4 Å². The zero-order chi connectivity index (χ0) is 12.3. The van der Waals surface area contributed by atoms with Crippen molar-refractivity contribution in [1.29, 1.82) is 0 Å². The van der Waals surface area contributed by atoms with Crippen LogP contribution in [0, 0.1) is 13.8 Å². The van der Waals surface area contributed by atoms with Crippen molar-refractivity contribution in [2.24, 2.45) is 10.2 Å². The van der Waals surface area contributed by atoms with Crippen molar-refractivity contribution < 1.29 is 9.90 Å². The Kier molecular flexibility index (Phi) is 3.55. The van der Waals surface area contributed by atoms with Crippen LogP contribution < -0.4 is 0 Å². The minimum Gasteiger partial charge on any atom is -0.510 e. The summed E-state index contributed by atoms with van der Waals surface area (Å²) in [7, 11) is 0. The van der Waals surface area contributed by atoms with Gasteiger partial charge in [0.2, 0.25) is 0 Å². The Morgan fingerprint density at radius 2 is 2.00 bits per heavy atom. The van der Waals surface area contributed by atoms with Gasteiger partial charge in [-0.2, -0.15) is 5.10 Å². The Balaban J connectivity index is 3.06. The van der Waals surface area contributed by atoms with Gasteiger partial charge in [-0.25, -0.2) is 0 Å². The Labute approximate surface area is 93.1 Å². The topological polar surface area (TPSA) is 90.7 Å². The first-order chi connectivity index (χ1) is 7.43. The van der Waals surface area contributed by atoms with E-state index in [1.165, 1.54) is 13.8 Å². The highest BCUT2D eigenvalue weighted by Crippen LogP contribution is 2.21. The van der Waals surface area contributed by atoms with Crippen LogP contribution >= 0.6 is 0 Å². The number of rotatable bonds is 3. The molecular weight excluding hydrogens is 208 g/mol. The Bertz CT molecular complexity index is 448. The number of Topliss-reactive ketones (excluding diaryl/α,β-unsaturated/α-hetero) is 1. The predicted molar refractivity (Wildman–Crippen MR) is 58.6 cm³/mol. The lowest BCUT2D eigenvalue weighted by molar-refractivity contribution is -0.113. The molecule has 6 nitrogen and oxygen atoms in total. The summed E-state index contributed by atoms with van der Waals surface area (Å²) in [5.41, 5.74) is 2.00. The number of hydrogen-bond acceptors (Lipinski definition) is 5. The summed E-state index contributed by atoms with van der Waals surface area (Å²) in [5.74, 6) is -0.474. The van der Waals surface area contributed by atoms with E-state index in [9.17, 15) is 9.90 Å². The van der Waals surface area contributed by atoms with E-state index in [-0.39, 0.29) is 17.2 Å². The monoisotopic (exact) mass is 222 g/mol. The molecule has 0 aromatic carbocycles. The van der Waals surface area contributed by atoms with Gasteiger partial charge in [0.25, 0.3) is 0 Å². The highest BCUT2D eigenvalue weighted by Gasteiger charge is 2.09. The van der Waals surface area contributed by atoms with Crippen molar-refractivity contribution in [2.45, 2.75) is 27.7 Å². The van der Waals surface area contributed by atoms with Crippen LogP contribution in [-0.2, 0) is 4.79 Å². The molecule has 0 unspecified atom stereocenters. The second kappa shape index (κ2) is 4.69. The molecule has 1 aromatic rings. The van der Waals surface area contributed by atoms with Crippen molar-refractivity contribution in [3.8, 4) is 0 Å². The van der Waals surface area contributed by atoms with Crippen LogP contribution in [0.25, 0.3) is 0 Å². The SMILES string of the molecule is CC(=O)/C(N=Nc1c(C)n[nH]c1C)=C(\C)O. The number of aryl methyl sites for hydroxylation is 2. The summed E-state index contributed by atoms with van der Waals surface area (Å²) in [6.45, 7) is 6.30. The molecule has 1 rings (SSSR count). The van der Waals surface area contributed by atoms with Gasteiger partial charge >= 0.3 is 0 Å². The number of H-pyrrole nitrogens is 1. The van der Waals surface area contributed by atoms with Gasteiger partial charge in [0.1, 0.15) is 11.4 Å². The Hall–Kier alpha value is -1.98.